The molecule has 94 valence electrons. The minimum Gasteiger partial charge on any atom is -0.300 e. The molecule has 0 aliphatic heterocycles. The van der Waals surface area contributed by atoms with Crippen LogP contribution in [0.15, 0.2) is 59.6 Å². The van der Waals surface area contributed by atoms with Crippen molar-refractivity contribution in [3.8, 4) is 17.1 Å². The number of aromatic nitrogens is 3. The van der Waals surface area contributed by atoms with Crippen LogP contribution in [0.1, 0.15) is 0 Å². The third-order valence-corrected chi connectivity index (χ3v) is 3.17. The summed E-state index contributed by atoms with van der Waals surface area (Å²) in [5.74, 6) is 0.506. The number of hydrogen-bond acceptors (Lipinski definition) is 2. The zero-order valence-electron chi connectivity index (χ0n) is 9.79. The van der Waals surface area contributed by atoms with Gasteiger partial charge >= 0.3 is 0 Å². The van der Waals surface area contributed by atoms with Crippen molar-refractivity contribution in [2.75, 3.05) is 0 Å². The second kappa shape index (κ2) is 4.93. The molecule has 3 aromatic rings. The lowest BCUT2D eigenvalue weighted by molar-refractivity contribution is 0.628. The number of hydrogen-bond donors (Lipinski definition) is 0. The fourth-order valence-corrected chi connectivity index (χ4v) is 2.22. The third-order valence-electron chi connectivity index (χ3n) is 2.73. The molecule has 1 aromatic carbocycles. The van der Waals surface area contributed by atoms with Crippen molar-refractivity contribution in [1.29, 1.82) is 0 Å². The Morgan fingerprint density at radius 3 is 2.53 bits per heavy atom. The van der Waals surface area contributed by atoms with E-state index in [4.69, 9.17) is 0 Å². The van der Waals surface area contributed by atoms with Gasteiger partial charge in [0, 0.05) is 24.2 Å². The maximum atomic E-state index is 13.0. The third kappa shape index (κ3) is 2.42. The van der Waals surface area contributed by atoms with Gasteiger partial charge in [0.15, 0.2) is 0 Å². The number of rotatable bonds is 2. The molecule has 0 aliphatic rings. The minimum absolute atomic E-state index is 0.256. The van der Waals surface area contributed by atoms with E-state index in [1.807, 2.05) is 22.9 Å². The standard InChI is InChI=1S/C14H9BrFN3/c15-13-9-12(5-6-17-13)19-8-7-18-14(19)10-1-3-11(16)4-2-10/h1-9H. The maximum absolute atomic E-state index is 13.0. The molecule has 3 rings (SSSR count). The molecule has 0 radical (unpaired) electrons. The smallest absolute Gasteiger partial charge is 0.144 e. The van der Waals surface area contributed by atoms with Crippen LogP contribution >= 0.6 is 15.9 Å². The normalized spacial score (nSPS) is 10.6. The van der Waals surface area contributed by atoms with Gasteiger partial charge in [0.05, 0.1) is 5.69 Å². The quantitative estimate of drug-likeness (QED) is 0.672. The molecule has 0 saturated carbocycles. The summed E-state index contributed by atoms with van der Waals surface area (Å²) < 4.78 is 15.6. The molecule has 0 aliphatic carbocycles. The zero-order valence-corrected chi connectivity index (χ0v) is 11.4. The molecule has 2 heterocycles. The van der Waals surface area contributed by atoms with Crippen LogP contribution in [0.3, 0.4) is 0 Å². The molecule has 5 heteroatoms. The zero-order chi connectivity index (χ0) is 13.2. The van der Waals surface area contributed by atoms with Crippen LogP contribution in [0.5, 0.6) is 0 Å². The van der Waals surface area contributed by atoms with Gasteiger partial charge in [-0.05, 0) is 52.3 Å². The van der Waals surface area contributed by atoms with Crippen molar-refractivity contribution in [3.05, 3.63) is 65.4 Å². The summed E-state index contributed by atoms with van der Waals surface area (Å²) in [6.07, 6.45) is 5.29. The van der Waals surface area contributed by atoms with Crippen LogP contribution in [-0.2, 0) is 0 Å². The van der Waals surface area contributed by atoms with E-state index in [9.17, 15) is 4.39 Å². The predicted octanol–water partition coefficient (Wildman–Crippen LogP) is 3.84. The molecule has 19 heavy (non-hydrogen) atoms. The van der Waals surface area contributed by atoms with Gasteiger partial charge in [0.25, 0.3) is 0 Å². The SMILES string of the molecule is Fc1ccc(-c2nccn2-c2ccnc(Br)c2)cc1. The Hall–Kier alpha value is -2.01. The molecule has 0 spiro atoms. The molecule has 0 saturated heterocycles. The van der Waals surface area contributed by atoms with Crippen molar-refractivity contribution < 1.29 is 4.39 Å². The predicted molar refractivity (Wildman–Crippen MR) is 74.5 cm³/mol. The molecule has 0 fully saturated rings. The molecule has 0 atom stereocenters. The Kier molecular flexibility index (Phi) is 3.13. The van der Waals surface area contributed by atoms with E-state index in [1.165, 1.54) is 12.1 Å². The van der Waals surface area contributed by atoms with Crippen LogP contribution in [0.4, 0.5) is 4.39 Å². The van der Waals surface area contributed by atoms with Crippen LogP contribution in [0.25, 0.3) is 17.1 Å². The first-order valence-corrected chi connectivity index (χ1v) is 6.44. The Bertz CT molecular complexity index is 707. The van der Waals surface area contributed by atoms with Crippen molar-refractivity contribution in [1.82, 2.24) is 14.5 Å². The first kappa shape index (κ1) is 12.0. The molecule has 2 aromatic heterocycles. The van der Waals surface area contributed by atoms with Crippen molar-refractivity contribution >= 4 is 15.9 Å². The molecular weight excluding hydrogens is 309 g/mol. The Balaban J connectivity index is 2.10. The maximum Gasteiger partial charge on any atom is 0.144 e. The van der Waals surface area contributed by atoms with E-state index in [-0.39, 0.29) is 5.82 Å². The van der Waals surface area contributed by atoms with Crippen LogP contribution in [-0.4, -0.2) is 14.5 Å². The molecule has 0 amide bonds. The van der Waals surface area contributed by atoms with E-state index < -0.39 is 0 Å². The first-order chi connectivity index (χ1) is 9.24. The monoisotopic (exact) mass is 317 g/mol. The highest BCUT2D eigenvalue weighted by molar-refractivity contribution is 9.10. The van der Waals surface area contributed by atoms with E-state index in [1.54, 1.807) is 24.5 Å². The summed E-state index contributed by atoms with van der Waals surface area (Å²) in [5, 5.41) is 0. The van der Waals surface area contributed by atoms with Gasteiger partial charge in [-0.15, -0.1) is 0 Å². The Morgan fingerprint density at radius 2 is 1.79 bits per heavy atom. The highest BCUT2D eigenvalue weighted by Gasteiger charge is 2.08. The summed E-state index contributed by atoms with van der Waals surface area (Å²) in [4.78, 5) is 8.42. The van der Waals surface area contributed by atoms with Crippen molar-refractivity contribution in [3.63, 3.8) is 0 Å². The number of halogens is 2. The Morgan fingerprint density at radius 1 is 1.00 bits per heavy atom. The van der Waals surface area contributed by atoms with Crippen LogP contribution in [0.2, 0.25) is 0 Å². The van der Waals surface area contributed by atoms with Crippen molar-refractivity contribution in [2.24, 2.45) is 0 Å². The van der Waals surface area contributed by atoms with E-state index >= 15 is 0 Å². The molecule has 0 unspecified atom stereocenters. The summed E-state index contributed by atoms with van der Waals surface area (Å²) >= 11 is 3.34. The first-order valence-electron chi connectivity index (χ1n) is 5.65. The summed E-state index contributed by atoms with van der Waals surface area (Å²) in [6, 6.07) is 10.1. The summed E-state index contributed by atoms with van der Waals surface area (Å²) in [7, 11) is 0. The summed E-state index contributed by atoms with van der Waals surface area (Å²) in [6.45, 7) is 0. The second-order valence-corrected chi connectivity index (χ2v) is 4.78. The van der Waals surface area contributed by atoms with Gasteiger partial charge in [-0.2, -0.15) is 0 Å². The molecular formula is C14H9BrFN3. The van der Waals surface area contributed by atoms with E-state index in [2.05, 4.69) is 25.9 Å². The number of pyridine rings is 1. The number of benzene rings is 1. The fraction of sp³-hybridized carbons (Fsp3) is 0. The lowest BCUT2D eigenvalue weighted by atomic mass is 10.2. The minimum atomic E-state index is -0.256. The largest absolute Gasteiger partial charge is 0.300 e. The lowest BCUT2D eigenvalue weighted by Gasteiger charge is -2.08. The highest BCUT2D eigenvalue weighted by atomic mass is 79.9. The van der Waals surface area contributed by atoms with Gasteiger partial charge in [-0.1, -0.05) is 0 Å². The average Bonchev–Trinajstić information content (AvgIpc) is 2.89. The van der Waals surface area contributed by atoms with E-state index in [0.717, 1.165) is 21.7 Å². The molecule has 0 bridgehead atoms. The molecule has 0 N–H and O–H groups in total. The lowest BCUT2D eigenvalue weighted by Crippen LogP contribution is -1.96. The van der Waals surface area contributed by atoms with Gasteiger partial charge in [0.1, 0.15) is 16.2 Å². The van der Waals surface area contributed by atoms with Gasteiger partial charge in [0.2, 0.25) is 0 Å². The van der Waals surface area contributed by atoms with Gasteiger partial charge in [-0.3, -0.25) is 4.57 Å². The number of nitrogens with zero attached hydrogens (tertiary/aromatic N) is 3. The average molecular weight is 318 g/mol. The number of imidazole rings is 1. The van der Waals surface area contributed by atoms with E-state index in [0.29, 0.717) is 0 Å². The Labute approximate surface area is 117 Å². The van der Waals surface area contributed by atoms with Crippen LogP contribution < -0.4 is 0 Å². The van der Waals surface area contributed by atoms with Crippen LogP contribution in [0, 0.1) is 5.82 Å². The topological polar surface area (TPSA) is 30.7 Å². The summed E-state index contributed by atoms with van der Waals surface area (Å²) in [5.41, 5.74) is 1.80. The van der Waals surface area contributed by atoms with Gasteiger partial charge < -0.3 is 0 Å². The van der Waals surface area contributed by atoms with Crippen molar-refractivity contribution in [2.45, 2.75) is 0 Å². The van der Waals surface area contributed by atoms with Gasteiger partial charge in [-0.25, -0.2) is 14.4 Å². The highest BCUT2D eigenvalue weighted by Crippen LogP contribution is 2.22. The fourth-order valence-electron chi connectivity index (χ4n) is 1.87. The second-order valence-electron chi connectivity index (χ2n) is 3.96. The molecule has 3 nitrogen and oxygen atoms in total.